The largest absolute Gasteiger partial charge is 0.365 e. The molecule has 0 saturated heterocycles. The second-order valence-corrected chi connectivity index (χ2v) is 7.32. The molecule has 152 valence electrons. The van der Waals surface area contributed by atoms with Gasteiger partial charge in [-0.15, -0.1) is 0 Å². The topological polar surface area (TPSA) is 119 Å². The second-order valence-electron chi connectivity index (χ2n) is 7.32. The summed E-state index contributed by atoms with van der Waals surface area (Å²) in [6, 6.07) is 10.2. The molecule has 0 aliphatic carbocycles. The standard InChI is InChI=1S/C21H25FN6O/c1-12(2)8-15(11-23)27-21-17(22)10-16(19(24)29)20(28-21)26-14-5-6-18-13(9-14)4-3-7-25-18/h3-7,9-10,12,15H,8,11,23H2,1-2H3,(H2,24,29)(H2,26,27,28)/t15-/m0/s1. The summed E-state index contributed by atoms with van der Waals surface area (Å²) < 4.78 is 14.6. The van der Waals surface area contributed by atoms with E-state index in [0.717, 1.165) is 23.4 Å². The van der Waals surface area contributed by atoms with E-state index < -0.39 is 11.7 Å². The molecular formula is C21H25FN6O. The first-order chi connectivity index (χ1) is 13.9. The van der Waals surface area contributed by atoms with E-state index in [1.165, 1.54) is 0 Å². The number of primary amides is 1. The van der Waals surface area contributed by atoms with Gasteiger partial charge in [-0.3, -0.25) is 9.78 Å². The normalized spacial score (nSPS) is 12.2. The van der Waals surface area contributed by atoms with Crippen molar-refractivity contribution in [3.05, 3.63) is 54.0 Å². The van der Waals surface area contributed by atoms with Crippen LogP contribution in [-0.2, 0) is 0 Å². The maximum absolute atomic E-state index is 14.6. The molecule has 1 atom stereocenters. The first-order valence-electron chi connectivity index (χ1n) is 9.46. The van der Waals surface area contributed by atoms with Gasteiger partial charge < -0.3 is 22.1 Å². The van der Waals surface area contributed by atoms with Crippen molar-refractivity contribution in [2.75, 3.05) is 17.2 Å². The molecule has 29 heavy (non-hydrogen) atoms. The number of nitrogens with two attached hydrogens (primary N) is 2. The molecule has 7 nitrogen and oxygen atoms in total. The Morgan fingerprint density at radius 1 is 1.21 bits per heavy atom. The van der Waals surface area contributed by atoms with E-state index in [0.29, 0.717) is 18.2 Å². The molecule has 0 spiro atoms. The van der Waals surface area contributed by atoms with Crippen molar-refractivity contribution in [2.24, 2.45) is 17.4 Å². The molecule has 0 aliphatic rings. The number of anilines is 3. The van der Waals surface area contributed by atoms with Crippen LogP contribution in [0, 0.1) is 11.7 Å². The lowest BCUT2D eigenvalue weighted by Gasteiger charge is -2.21. The summed E-state index contributed by atoms with van der Waals surface area (Å²) in [7, 11) is 0. The van der Waals surface area contributed by atoms with Crippen LogP contribution in [0.4, 0.5) is 21.7 Å². The molecule has 6 N–H and O–H groups in total. The zero-order chi connectivity index (χ0) is 21.0. The van der Waals surface area contributed by atoms with Gasteiger partial charge in [0.25, 0.3) is 5.91 Å². The van der Waals surface area contributed by atoms with Crippen molar-refractivity contribution in [3.63, 3.8) is 0 Å². The number of nitrogens with one attached hydrogen (secondary N) is 2. The smallest absolute Gasteiger partial charge is 0.252 e. The van der Waals surface area contributed by atoms with Gasteiger partial charge in [-0.25, -0.2) is 9.37 Å². The fourth-order valence-electron chi connectivity index (χ4n) is 3.14. The number of amides is 1. The van der Waals surface area contributed by atoms with Crippen LogP contribution in [0.25, 0.3) is 10.9 Å². The molecular weight excluding hydrogens is 371 g/mol. The molecule has 1 amide bonds. The van der Waals surface area contributed by atoms with Crippen molar-refractivity contribution in [3.8, 4) is 0 Å². The maximum atomic E-state index is 14.6. The fraction of sp³-hybridized carbons (Fsp3) is 0.286. The number of rotatable bonds is 8. The third-order valence-electron chi connectivity index (χ3n) is 4.49. The van der Waals surface area contributed by atoms with Gasteiger partial charge in [0.15, 0.2) is 11.6 Å². The first-order valence-corrected chi connectivity index (χ1v) is 9.46. The van der Waals surface area contributed by atoms with Crippen LogP contribution in [0.5, 0.6) is 0 Å². The fourth-order valence-corrected chi connectivity index (χ4v) is 3.14. The Kier molecular flexibility index (Phi) is 6.23. The Morgan fingerprint density at radius 3 is 2.69 bits per heavy atom. The van der Waals surface area contributed by atoms with Crippen molar-refractivity contribution in [1.29, 1.82) is 0 Å². The average Bonchev–Trinajstić information content (AvgIpc) is 2.69. The number of benzene rings is 1. The third-order valence-corrected chi connectivity index (χ3v) is 4.49. The van der Waals surface area contributed by atoms with Gasteiger partial charge in [0, 0.05) is 29.9 Å². The Bertz CT molecular complexity index is 1020. The summed E-state index contributed by atoms with van der Waals surface area (Å²) in [4.78, 5) is 20.4. The van der Waals surface area contributed by atoms with Crippen molar-refractivity contribution < 1.29 is 9.18 Å². The van der Waals surface area contributed by atoms with Crippen LogP contribution in [0.2, 0.25) is 0 Å². The van der Waals surface area contributed by atoms with Gasteiger partial charge in [0.2, 0.25) is 0 Å². The van der Waals surface area contributed by atoms with Gasteiger partial charge >= 0.3 is 0 Å². The van der Waals surface area contributed by atoms with Crippen LogP contribution in [0.15, 0.2) is 42.6 Å². The number of carbonyl (C=O) groups excluding carboxylic acids is 1. The van der Waals surface area contributed by atoms with E-state index >= 15 is 0 Å². The molecule has 0 unspecified atom stereocenters. The minimum atomic E-state index is -0.773. The monoisotopic (exact) mass is 396 g/mol. The number of carbonyl (C=O) groups is 1. The second kappa shape index (κ2) is 8.83. The Hall–Kier alpha value is -3.26. The van der Waals surface area contributed by atoms with Gasteiger partial charge in [-0.2, -0.15) is 0 Å². The Balaban J connectivity index is 1.95. The lowest BCUT2D eigenvalue weighted by molar-refractivity contribution is 0.100. The molecule has 3 rings (SSSR count). The number of fused-ring (bicyclic) bond motifs is 1. The minimum absolute atomic E-state index is 0.0241. The van der Waals surface area contributed by atoms with Crippen molar-refractivity contribution in [1.82, 2.24) is 9.97 Å². The quantitative estimate of drug-likeness (QED) is 0.463. The molecule has 0 fully saturated rings. The highest BCUT2D eigenvalue weighted by atomic mass is 19.1. The van der Waals surface area contributed by atoms with Crippen LogP contribution in [-0.4, -0.2) is 28.5 Å². The Labute approximate surface area is 168 Å². The third kappa shape index (κ3) is 4.97. The predicted octanol–water partition coefficient (Wildman–Crippen LogP) is 3.40. The molecule has 1 aromatic carbocycles. The highest BCUT2D eigenvalue weighted by Gasteiger charge is 2.19. The lowest BCUT2D eigenvalue weighted by Crippen LogP contribution is -2.31. The molecule has 0 bridgehead atoms. The van der Waals surface area contributed by atoms with E-state index in [9.17, 15) is 9.18 Å². The summed E-state index contributed by atoms with van der Waals surface area (Å²) in [5, 5.41) is 7.02. The van der Waals surface area contributed by atoms with E-state index in [2.05, 4.69) is 34.4 Å². The highest BCUT2D eigenvalue weighted by Crippen LogP contribution is 2.26. The van der Waals surface area contributed by atoms with Crippen molar-refractivity contribution >= 4 is 34.1 Å². The van der Waals surface area contributed by atoms with Crippen LogP contribution in [0.1, 0.15) is 30.6 Å². The number of pyridine rings is 2. The Morgan fingerprint density at radius 2 is 2.00 bits per heavy atom. The summed E-state index contributed by atoms with van der Waals surface area (Å²) in [6.07, 6.45) is 2.47. The lowest BCUT2D eigenvalue weighted by atomic mass is 10.0. The summed E-state index contributed by atoms with van der Waals surface area (Å²) in [5.41, 5.74) is 12.7. The number of hydrogen-bond acceptors (Lipinski definition) is 6. The maximum Gasteiger partial charge on any atom is 0.252 e. The molecule has 0 radical (unpaired) electrons. The number of hydrogen-bond donors (Lipinski definition) is 4. The summed E-state index contributed by atoms with van der Waals surface area (Å²) in [5.74, 6) is -0.853. The van der Waals surface area contributed by atoms with E-state index in [-0.39, 0.29) is 23.2 Å². The van der Waals surface area contributed by atoms with Gasteiger partial charge in [0.1, 0.15) is 5.82 Å². The van der Waals surface area contributed by atoms with Gasteiger partial charge in [-0.05, 0) is 42.7 Å². The van der Waals surface area contributed by atoms with Crippen LogP contribution in [0.3, 0.4) is 0 Å². The highest BCUT2D eigenvalue weighted by molar-refractivity contribution is 5.99. The summed E-state index contributed by atoms with van der Waals surface area (Å²) >= 11 is 0. The molecule has 0 aliphatic heterocycles. The minimum Gasteiger partial charge on any atom is -0.365 e. The molecule has 0 saturated carbocycles. The van der Waals surface area contributed by atoms with E-state index in [1.54, 1.807) is 12.3 Å². The summed E-state index contributed by atoms with van der Waals surface area (Å²) in [6.45, 7) is 4.45. The molecule has 2 aromatic heterocycles. The van der Waals surface area contributed by atoms with Gasteiger partial charge in [-0.1, -0.05) is 19.9 Å². The average molecular weight is 396 g/mol. The van der Waals surface area contributed by atoms with Crippen molar-refractivity contribution in [2.45, 2.75) is 26.3 Å². The van der Waals surface area contributed by atoms with Crippen LogP contribution < -0.4 is 22.1 Å². The first kappa shape index (κ1) is 20.5. The number of halogens is 1. The zero-order valence-corrected chi connectivity index (χ0v) is 16.4. The molecule has 2 heterocycles. The van der Waals surface area contributed by atoms with Gasteiger partial charge in [0.05, 0.1) is 11.1 Å². The zero-order valence-electron chi connectivity index (χ0n) is 16.4. The molecule has 8 heteroatoms. The SMILES string of the molecule is CC(C)C[C@@H](CN)Nc1nc(Nc2ccc3ncccc3c2)c(C(N)=O)cc1F. The van der Waals surface area contributed by atoms with Crippen LogP contribution >= 0.6 is 0 Å². The van der Waals surface area contributed by atoms with E-state index in [1.807, 2.05) is 24.3 Å². The predicted molar refractivity (Wildman–Crippen MR) is 114 cm³/mol. The number of aromatic nitrogens is 2. The molecule has 3 aromatic rings. The van der Waals surface area contributed by atoms with E-state index in [4.69, 9.17) is 11.5 Å². The number of nitrogens with zero attached hydrogens (tertiary/aromatic N) is 2.